The molecule has 0 bridgehead atoms. The summed E-state index contributed by atoms with van der Waals surface area (Å²) in [7, 11) is 1.61. The van der Waals surface area contributed by atoms with E-state index in [-0.39, 0.29) is 22.5 Å². The molecule has 7 nitrogen and oxygen atoms in total. The Morgan fingerprint density at radius 1 is 1.07 bits per heavy atom. The second kappa shape index (κ2) is 9.75. The number of benzene rings is 2. The fourth-order valence-electron chi connectivity index (χ4n) is 5.05. The van der Waals surface area contributed by atoms with Gasteiger partial charge in [0, 0.05) is 41.7 Å². The van der Waals surface area contributed by atoms with Crippen molar-refractivity contribution in [3.05, 3.63) is 86.7 Å². The van der Waals surface area contributed by atoms with Crippen LogP contribution in [0.15, 0.2) is 45.7 Å². The highest BCUT2D eigenvalue weighted by atomic mass is 19.1. The van der Waals surface area contributed by atoms with E-state index in [1.54, 1.807) is 33.2 Å². The summed E-state index contributed by atoms with van der Waals surface area (Å²) in [6.07, 6.45) is 2.27. The number of aryl methyl sites for hydroxylation is 5. The average molecular weight is 548 g/mol. The predicted octanol–water partition coefficient (Wildman–Crippen LogP) is 6.97. The number of ether oxygens (including phenoxy) is 1. The number of aromatic amines is 1. The molecule has 0 aliphatic heterocycles. The lowest BCUT2D eigenvalue weighted by molar-refractivity contribution is 0.0745. The first-order valence-corrected chi connectivity index (χ1v) is 13.0. The predicted molar refractivity (Wildman–Crippen MR) is 150 cm³/mol. The Morgan fingerprint density at radius 2 is 1.75 bits per heavy atom. The Hall–Kier alpha value is -4.24. The Bertz CT molecular complexity index is 1820. The summed E-state index contributed by atoms with van der Waals surface area (Å²) < 4.78 is 43.3. The van der Waals surface area contributed by atoms with Crippen LogP contribution in [0.4, 0.5) is 8.78 Å². The van der Waals surface area contributed by atoms with E-state index in [1.807, 2.05) is 13.8 Å². The normalized spacial score (nSPS) is 11.9. The number of fused-ring (bicyclic) bond motifs is 1. The molecule has 0 unspecified atom stereocenters. The SMILES string of the molecule is CCc1[nH]c(C)nc1-c1cc2c(=O)n(C)cc(-c3cc(C(C)(C)O)c(F)cc3Oc3c(C)cc(F)cc3C)c2o1. The third-order valence-electron chi connectivity index (χ3n) is 6.99. The number of furan rings is 1. The Kier molecular flexibility index (Phi) is 6.66. The highest BCUT2D eigenvalue weighted by Crippen LogP contribution is 2.43. The lowest BCUT2D eigenvalue weighted by Crippen LogP contribution is -2.18. The van der Waals surface area contributed by atoms with Crippen LogP contribution in [0.5, 0.6) is 11.5 Å². The van der Waals surface area contributed by atoms with Crippen LogP contribution in [-0.4, -0.2) is 19.6 Å². The molecule has 40 heavy (non-hydrogen) atoms. The maximum Gasteiger partial charge on any atom is 0.261 e. The molecule has 9 heteroatoms. The smallest absolute Gasteiger partial charge is 0.261 e. The maximum atomic E-state index is 15.4. The number of H-pyrrole nitrogens is 1. The fourth-order valence-corrected chi connectivity index (χ4v) is 5.05. The number of aliphatic hydroxyl groups is 1. The minimum Gasteiger partial charge on any atom is -0.456 e. The zero-order chi connectivity index (χ0) is 29.1. The van der Waals surface area contributed by atoms with Crippen molar-refractivity contribution in [3.8, 4) is 34.1 Å². The van der Waals surface area contributed by atoms with E-state index in [1.165, 1.54) is 42.7 Å². The third-order valence-corrected chi connectivity index (χ3v) is 6.99. The molecule has 2 N–H and O–H groups in total. The van der Waals surface area contributed by atoms with Crippen molar-refractivity contribution in [2.24, 2.45) is 7.05 Å². The molecule has 0 saturated heterocycles. The lowest BCUT2D eigenvalue weighted by Gasteiger charge is -2.22. The molecule has 208 valence electrons. The molecule has 0 saturated carbocycles. The standard InChI is InChI=1S/C31H31F2N3O4/c1-8-24-27(35-17(4)34-24)26-12-20-29(40-26)21(14-36(7)30(20)37)19-11-22(31(5,6)38)23(33)13-25(19)39-28-15(2)9-18(32)10-16(28)3/h9-14,38H,8H2,1-7H3,(H,34,35). The maximum absolute atomic E-state index is 15.4. The van der Waals surface area contributed by atoms with Gasteiger partial charge < -0.3 is 23.8 Å². The van der Waals surface area contributed by atoms with Crippen molar-refractivity contribution in [1.29, 1.82) is 0 Å². The molecule has 0 fully saturated rings. The van der Waals surface area contributed by atoms with E-state index in [0.29, 0.717) is 51.3 Å². The molecule has 0 atom stereocenters. The van der Waals surface area contributed by atoms with Crippen LogP contribution in [0.1, 0.15) is 49.0 Å². The van der Waals surface area contributed by atoms with Gasteiger partial charge in [0.2, 0.25) is 0 Å². The zero-order valence-electron chi connectivity index (χ0n) is 23.5. The van der Waals surface area contributed by atoms with Gasteiger partial charge in [-0.3, -0.25) is 4.79 Å². The first-order valence-electron chi connectivity index (χ1n) is 13.0. The molecular weight excluding hydrogens is 516 g/mol. The summed E-state index contributed by atoms with van der Waals surface area (Å²) >= 11 is 0. The van der Waals surface area contributed by atoms with E-state index >= 15 is 4.39 Å². The van der Waals surface area contributed by atoms with Crippen LogP contribution >= 0.6 is 0 Å². The van der Waals surface area contributed by atoms with Crippen LogP contribution < -0.4 is 10.3 Å². The number of pyridine rings is 1. The van der Waals surface area contributed by atoms with E-state index in [0.717, 1.165) is 11.5 Å². The lowest BCUT2D eigenvalue weighted by atomic mass is 9.93. The van der Waals surface area contributed by atoms with Crippen molar-refractivity contribution in [2.75, 3.05) is 0 Å². The van der Waals surface area contributed by atoms with Crippen molar-refractivity contribution in [2.45, 2.75) is 53.6 Å². The molecule has 0 amide bonds. The van der Waals surface area contributed by atoms with Gasteiger partial charge in [-0.1, -0.05) is 6.92 Å². The number of imidazole rings is 1. The summed E-state index contributed by atoms with van der Waals surface area (Å²) in [6, 6.07) is 7.02. The second-order valence-corrected chi connectivity index (χ2v) is 10.7. The Balaban J connectivity index is 1.81. The van der Waals surface area contributed by atoms with Gasteiger partial charge in [0.25, 0.3) is 5.56 Å². The van der Waals surface area contributed by atoms with Gasteiger partial charge in [0.05, 0.1) is 11.0 Å². The van der Waals surface area contributed by atoms with Crippen LogP contribution in [0.2, 0.25) is 0 Å². The topological polar surface area (TPSA) is 93.3 Å². The second-order valence-electron chi connectivity index (χ2n) is 10.7. The van der Waals surface area contributed by atoms with Crippen molar-refractivity contribution in [3.63, 3.8) is 0 Å². The van der Waals surface area contributed by atoms with Gasteiger partial charge in [-0.05, 0) is 76.4 Å². The summed E-state index contributed by atoms with van der Waals surface area (Å²) in [5.41, 5.74) is 1.88. The Morgan fingerprint density at radius 3 is 2.38 bits per heavy atom. The van der Waals surface area contributed by atoms with Crippen LogP contribution in [0.3, 0.4) is 0 Å². The average Bonchev–Trinajstić information content (AvgIpc) is 3.47. The summed E-state index contributed by atoms with van der Waals surface area (Å²) in [4.78, 5) is 21.0. The van der Waals surface area contributed by atoms with Gasteiger partial charge in [-0.25, -0.2) is 13.8 Å². The quantitative estimate of drug-likeness (QED) is 0.239. The molecule has 0 radical (unpaired) electrons. The highest BCUT2D eigenvalue weighted by Gasteiger charge is 2.27. The zero-order valence-corrected chi connectivity index (χ0v) is 23.5. The third kappa shape index (κ3) is 4.70. The first-order chi connectivity index (χ1) is 18.8. The van der Waals surface area contributed by atoms with Crippen molar-refractivity contribution < 1.29 is 23.0 Å². The molecule has 2 aromatic carbocycles. The molecular formula is C31H31F2N3O4. The number of hydrogen-bond acceptors (Lipinski definition) is 5. The highest BCUT2D eigenvalue weighted by molar-refractivity contribution is 5.95. The van der Waals surface area contributed by atoms with Crippen molar-refractivity contribution >= 4 is 11.0 Å². The number of halogens is 2. The molecule has 5 rings (SSSR count). The van der Waals surface area contributed by atoms with E-state index < -0.39 is 17.2 Å². The summed E-state index contributed by atoms with van der Waals surface area (Å²) in [5, 5.41) is 11.1. The van der Waals surface area contributed by atoms with Crippen molar-refractivity contribution in [1.82, 2.24) is 14.5 Å². The van der Waals surface area contributed by atoms with Gasteiger partial charge in [-0.15, -0.1) is 0 Å². The number of aromatic nitrogens is 3. The number of rotatable bonds is 6. The van der Waals surface area contributed by atoms with Gasteiger partial charge >= 0.3 is 0 Å². The van der Waals surface area contributed by atoms with Gasteiger partial charge in [-0.2, -0.15) is 0 Å². The summed E-state index contributed by atoms with van der Waals surface area (Å²) in [6.45, 7) is 10.2. The van der Waals surface area contributed by atoms with E-state index in [2.05, 4.69) is 9.97 Å². The number of nitrogens with zero attached hydrogens (tertiary/aromatic N) is 2. The number of hydrogen-bond donors (Lipinski definition) is 2. The van der Waals surface area contributed by atoms with Gasteiger partial charge in [0.1, 0.15) is 40.2 Å². The molecule has 0 aliphatic rings. The van der Waals surface area contributed by atoms with Crippen LogP contribution in [0, 0.1) is 32.4 Å². The molecule has 0 aliphatic carbocycles. The molecule has 0 spiro atoms. The monoisotopic (exact) mass is 547 g/mol. The fraction of sp³-hybridized carbons (Fsp3) is 0.290. The van der Waals surface area contributed by atoms with E-state index in [9.17, 15) is 14.3 Å². The first kappa shape index (κ1) is 27.3. The minimum atomic E-state index is -1.52. The molecule has 5 aromatic rings. The minimum absolute atomic E-state index is 0.0346. The van der Waals surface area contributed by atoms with E-state index in [4.69, 9.17) is 9.15 Å². The molecule has 3 heterocycles. The Labute approximate surface area is 230 Å². The largest absolute Gasteiger partial charge is 0.456 e. The van der Waals surface area contributed by atoms with Gasteiger partial charge in [0.15, 0.2) is 5.76 Å². The molecule has 3 aromatic heterocycles. The van der Waals surface area contributed by atoms with Crippen LogP contribution in [-0.2, 0) is 19.1 Å². The number of nitrogens with one attached hydrogen (secondary N) is 1. The van der Waals surface area contributed by atoms with Crippen LogP contribution in [0.25, 0.3) is 33.6 Å². The summed E-state index contributed by atoms with van der Waals surface area (Å²) in [5.74, 6) is 0.538.